The molecule has 0 bridgehead atoms. The smallest absolute Gasteiger partial charge is 0.337 e. The SMILES string of the molecule is CCOc1ccc(S(=O)(=O)N2CCC[C@H](C(=O)Nc3ccc(C(=O)OC)cc3)C2)cc1Cl. The Kier molecular flexibility index (Phi) is 7.76. The minimum atomic E-state index is -3.81. The zero-order valence-electron chi connectivity index (χ0n) is 17.8. The summed E-state index contributed by atoms with van der Waals surface area (Å²) < 4.78 is 37.6. The molecule has 1 aliphatic rings. The molecule has 0 unspecified atom stereocenters. The van der Waals surface area contributed by atoms with Crippen molar-refractivity contribution in [3.8, 4) is 5.75 Å². The Bertz CT molecular complexity index is 1090. The molecule has 1 fully saturated rings. The molecule has 3 rings (SSSR count). The highest BCUT2D eigenvalue weighted by Crippen LogP contribution is 2.30. The van der Waals surface area contributed by atoms with Gasteiger partial charge in [0.05, 0.1) is 35.1 Å². The number of amides is 1. The quantitative estimate of drug-likeness (QED) is 0.608. The molecule has 0 spiro atoms. The lowest BCUT2D eigenvalue weighted by Gasteiger charge is -2.31. The van der Waals surface area contributed by atoms with Crippen molar-refractivity contribution in [1.29, 1.82) is 0 Å². The third-order valence-corrected chi connectivity index (χ3v) is 7.33. The summed E-state index contributed by atoms with van der Waals surface area (Å²) in [5.41, 5.74) is 0.885. The Morgan fingerprint density at radius 1 is 1.19 bits per heavy atom. The number of halogens is 1. The highest BCUT2D eigenvalue weighted by atomic mass is 35.5. The Morgan fingerprint density at radius 2 is 1.91 bits per heavy atom. The van der Waals surface area contributed by atoms with E-state index in [1.807, 2.05) is 6.92 Å². The van der Waals surface area contributed by atoms with Crippen LogP contribution in [0.4, 0.5) is 5.69 Å². The van der Waals surface area contributed by atoms with Crippen LogP contribution in [0.5, 0.6) is 5.75 Å². The molecule has 0 aliphatic carbocycles. The molecule has 0 radical (unpaired) electrons. The topological polar surface area (TPSA) is 102 Å². The lowest BCUT2D eigenvalue weighted by atomic mass is 9.98. The van der Waals surface area contributed by atoms with E-state index >= 15 is 0 Å². The summed E-state index contributed by atoms with van der Waals surface area (Å²) in [6.07, 6.45) is 1.13. The number of sulfonamides is 1. The molecular formula is C22H25ClN2O6S. The molecule has 1 aliphatic heterocycles. The van der Waals surface area contributed by atoms with E-state index in [4.69, 9.17) is 16.3 Å². The average molecular weight is 481 g/mol. The van der Waals surface area contributed by atoms with Gasteiger partial charge < -0.3 is 14.8 Å². The monoisotopic (exact) mass is 480 g/mol. The number of piperidine rings is 1. The van der Waals surface area contributed by atoms with Gasteiger partial charge in [-0.1, -0.05) is 11.6 Å². The second kappa shape index (κ2) is 10.3. The van der Waals surface area contributed by atoms with E-state index in [-0.39, 0.29) is 22.4 Å². The van der Waals surface area contributed by atoms with E-state index in [9.17, 15) is 18.0 Å². The highest BCUT2D eigenvalue weighted by molar-refractivity contribution is 7.89. The third kappa shape index (κ3) is 5.40. The summed E-state index contributed by atoms with van der Waals surface area (Å²) >= 11 is 6.16. The van der Waals surface area contributed by atoms with Crippen LogP contribution in [-0.2, 0) is 19.6 Å². The molecule has 1 saturated heterocycles. The van der Waals surface area contributed by atoms with Gasteiger partial charge in [-0.25, -0.2) is 13.2 Å². The Morgan fingerprint density at radius 3 is 2.53 bits per heavy atom. The lowest BCUT2D eigenvalue weighted by molar-refractivity contribution is -0.120. The standard InChI is InChI=1S/C22H25ClN2O6S/c1-3-31-20-11-10-18(13-19(20)23)32(28,29)25-12-4-5-16(14-25)21(26)24-17-8-6-15(7-9-17)22(27)30-2/h6-11,13,16H,3-5,12,14H2,1-2H3,(H,24,26)/t16-/m0/s1. The number of esters is 1. The van der Waals surface area contributed by atoms with Crippen LogP contribution >= 0.6 is 11.6 Å². The fraction of sp³-hybridized carbons (Fsp3) is 0.364. The summed E-state index contributed by atoms with van der Waals surface area (Å²) in [6, 6.07) is 10.7. The van der Waals surface area contributed by atoms with Crippen LogP contribution in [0.1, 0.15) is 30.1 Å². The summed E-state index contributed by atoms with van der Waals surface area (Å²) in [5, 5.41) is 3.01. The molecule has 172 valence electrons. The molecule has 10 heteroatoms. The summed E-state index contributed by atoms with van der Waals surface area (Å²) in [5.74, 6) is -0.829. The van der Waals surface area contributed by atoms with Crippen LogP contribution in [-0.4, -0.2) is 51.4 Å². The zero-order chi connectivity index (χ0) is 23.3. The number of nitrogens with one attached hydrogen (secondary N) is 1. The number of anilines is 1. The van der Waals surface area contributed by atoms with E-state index in [1.54, 1.807) is 24.3 Å². The molecule has 1 amide bonds. The molecule has 8 nitrogen and oxygen atoms in total. The lowest BCUT2D eigenvalue weighted by Crippen LogP contribution is -2.43. The first-order valence-electron chi connectivity index (χ1n) is 10.2. The number of carbonyl (C=O) groups is 2. The van der Waals surface area contributed by atoms with Gasteiger partial charge in [0.1, 0.15) is 5.75 Å². The van der Waals surface area contributed by atoms with Gasteiger partial charge in [-0.05, 0) is 62.2 Å². The summed E-state index contributed by atoms with van der Waals surface area (Å²) in [4.78, 5) is 24.3. The third-order valence-electron chi connectivity index (χ3n) is 5.17. The molecule has 1 heterocycles. The first-order chi connectivity index (χ1) is 15.3. The molecule has 0 aromatic heterocycles. The largest absolute Gasteiger partial charge is 0.492 e. The number of rotatable bonds is 7. The minimum absolute atomic E-state index is 0.0606. The number of hydrogen-bond acceptors (Lipinski definition) is 6. The Hall–Kier alpha value is -2.62. The second-order valence-corrected chi connectivity index (χ2v) is 9.63. The zero-order valence-corrected chi connectivity index (χ0v) is 19.4. The van der Waals surface area contributed by atoms with E-state index in [0.717, 1.165) is 0 Å². The summed E-state index contributed by atoms with van der Waals surface area (Å²) in [7, 11) is -2.52. The van der Waals surface area contributed by atoms with Gasteiger partial charge in [-0.2, -0.15) is 4.31 Å². The highest BCUT2D eigenvalue weighted by Gasteiger charge is 2.33. The van der Waals surface area contributed by atoms with Gasteiger partial charge in [0, 0.05) is 18.8 Å². The number of nitrogens with zero attached hydrogens (tertiary/aromatic N) is 1. The van der Waals surface area contributed by atoms with E-state index < -0.39 is 21.9 Å². The van der Waals surface area contributed by atoms with Crippen LogP contribution in [0, 0.1) is 5.92 Å². The van der Waals surface area contributed by atoms with Gasteiger partial charge in [0.2, 0.25) is 15.9 Å². The van der Waals surface area contributed by atoms with Crippen molar-refractivity contribution in [2.24, 2.45) is 5.92 Å². The van der Waals surface area contributed by atoms with E-state index in [1.165, 1.54) is 29.6 Å². The van der Waals surface area contributed by atoms with Crippen molar-refractivity contribution in [2.75, 3.05) is 32.1 Å². The maximum Gasteiger partial charge on any atom is 0.337 e. The van der Waals surface area contributed by atoms with Crippen molar-refractivity contribution in [1.82, 2.24) is 4.31 Å². The van der Waals surface area contributed by atoms with Gasteiger partial charge in [0.15, 0.2) is 0 Å². The number of hydrogen-bond donors (Lipinski definition) is 1. The van der Waals surface area contributed by atoms with Gasteiger partial charge in [-0.15, -0.1) is 0 Å². The minimum Gasteiger partial charge on any atom is -0.492 e. The number of methoxy groups -OCH3 is 1. The van der Waals surface area contributed by atoms with Crippen molar-refractivity contribution in [3.05, 3.63) is 53.1 Å². The predicted octanol–water partition coefficient (Wildman–Crippen LogP) is 3.56. The maximum atomic E-state index is 13.1. The van der Waals surface area contributed by atoms with Gasteiger partial charge in [-0.3, -0.25) is 4.79 Å². The molecule has 0 saturated carbocycles. The molecule has 1 N–H and O–H groups in total. The van der Waals surface area contributed by atoms with E-state index in [0.29, 0.717) is 43.0 Å². The fourth-order valence-corrected chi connectivity index (χ4v) is 5.34. The van der Waals surface area contributed by atoms with E-state index in [2.05, 4.69) is 10.1 Å². The van der Waals surface area contributed by atoms with Gasteiger partial charge in [0.25, 0.3) is 0 Å². The second-order valence-electron chi connectivity index (χ2n) is 7.29. The molecule has 2 aromatic carbocycles. The maximum absolute atomic E-state index is 13.1. The van der Waals surface area contributed by atoms with Crippen LogP contribution in [0.25, 0.3) is 0 Å². The molecular weight excluding hydrogens is 456 g/mol. The number of ether oxygens (including phenoxy) is 2. The van der Waals surface area contributed by atoms with Crippen molar-refractivity contribution in [2.45, 2.75) is 24.7 Å². The first-order valence-corrected chi connectivity index (χ1v) is 12.0. The molecule has 2 aromatic rings. The number of carbonyl (C=O) groups excluding carboxylic acids is 2. The van der Waals surface area contributed by atoms with Crippen LogP contribution in [0.15, 0.2) is 47.4 Å². The van der Waals surface area contributed by atoms with Crippen molar-refractivity contribution < 1.29 is 27.5 Å². The average Bonchev–Trinajstić information content (AvgIpc) is 2.80. The molecule has 1 atom stereocenters. The van der Waals surface area contributed by atoms with Crippen LogP contribution in [0.2, 0.25) is 5.02 Å². The normalized spacial score (nSPS) is 16.9. The van der Waals surface area contributed by atoms with Crippen LogP contribution in [0.3, 0.4) is 0 Å². The Labute approximate surface area is 192 Å². The van der Waals surface area contributed by atoms with Crippen LogP contribution < -0.4 is 10.1 Å². The first kappa shape index (κ1) is 24.0. The predicted molar refractivity (Wildman–Crippen MR) is 121 cm³/mol. The number of benzene rings is 2. The van der Waals surface area contributed by atoms with Gasteiger partial charge >= 0.3 is 5.97 Å². The van der Waals surface area contributed by atoms with Crippen molar-refractivity contribution in [3.63, 3.8) is 0 Å². The summed E-state index contributed by atoms with van der Waals surface area (Å²) in [6.45, 7) is 2.62. The molecule has 32 heavy (non-hydrogen) atoms. The van der Waals surface area contributed by atoms with Crippen molar-refractivity contribution >= 4 is 39.2 Å². The Balaban J connectivity index is 1.69. The fourth-order valence-electron chi connectivity index (χ4n) is 3.49.